The van der Waals surface area contributed by atoms with E-state index < -0.39 is 0 Å². The Kier molecular flexibility index (Phi) is 2.96. The fraction of sp³-hybridized carbons (Fsp3) is 0.700. The maximum Gasteiger partial charge on any atom is 0.0897 e. The van der Waals surface area contributed by atoms with E-state index in [1.54, 1.807) is 11.3 Å². The van der Waals surface area contributed by atoms with Gasteiger partial charge in [0, 0.05) is 5.38 Å². The van der Waals surface area contributed by atoms with E-state index in [9.17, 15) is 0 Å². The summed E-state index contributed by atoms with van der Waals surface area (Å²) in [6.07, 6.45) is 3.82. The molecule has 1 saturated heterocycles. The predicted molar refractivity (Wildman–Crippen MR) is 56.1 cm³/mol. The zero-order valence-electron chi connectivity index (χ0n) is 8.05. The first-order valence-corrected chi connectivity index (χ1v) is 5.84. The van der Waals surface area contributed by atoms with E-state index in [-0.39, 0.29) is 0 Å². The highest BCUT2D eigenvalue weighted by Gasteiger charge is 2.14. The summed E-state index contributed by atoms with van der Waals surface area (Å²) >= 11 is 1.77. The molecule has 1 fully saturated rings. The van der Waals surface area contributed by atoms with Crippen LogP contribution in [0.2, 0.25) is 0 Å². The summed E-state index contributed by atoms with van der Waals surface area (Å²) in [6.45, 7) is 4.46. The molecule has 1 aliphatic heterocycles. The maximum atomic E-state index is 4.50. The third kappa shape index (κ3) is 2.51. The van der Waals surface area contributed by atoms with Crippen LogP contribution in [0.4, 0.5) is 0 Å². The number of aryl methyl sites for hydroxylation is 1. The summed E-state index contributed by atoms with van der Waals surface area (Å²) < 4.78 is 0. The molecule has 3 heteroatoms. The molecule has 72 valence electrons. The summed E-state index contributed by atoms with van der Waals surface area (Å²) in [6, 6.07) is 0. The Hall–Kier alpha value is -0.410. The van der Waals surface area contributed by atoms with Crippen LogP contribution in [0.1, 0.15) is 23.5 Å². The molecule has 0 bridgehead atoms. The van der Waals surface area contributed by atoms with E-state index >= 15 is 0 Å². The van der Waals surface area contributed by atoms with Crippen LogP contribution in [-0.4, -0.2) is 18.1 Å². The summed E-state index contributed by atoms with van der Waals surface area (Å²) in [7, 11) is 0. The molecule has 0 unspecified atom stereocenters. The lowest BCUT2D eigenvalue weighted by molar-refractivity contribution is 0.370. The zero-order valence-corrected chi connectivity index (χ0v) is 8.86. The standard InChI is InChI=1S/C10H16N2S/c1-8-12-10(7-13-8)6-9-2-4-11-5-3-9/h7,9,11H,2-6H2,1H3. The lowest BCUT2D eigenvalue weighted by Gasteiger charge is -2.21. The number of aromatic nitrogens is 1. The Morgan fingerprint density at radius 1 is 1.54 bits per heavy atom. The van der Waals surface area contributed by atoms with Crippen LogP contribution in [0.5, 0.6) is 0 Å². The molecule has 0 atom stereocenters. The minimum atomic E-state index is 0.864. The largest absolute Gasteiger partial charge is 0.317 e. The van der Waals surface area contributed by atoms with E-state index in [2.05, 4.69) is 22.6 Å². The Balaban J connectivity index is 1.89. The molecule has 1 aromatic heterocycles. The maximum absolute atomic E-state index is 4.50. The average molecular weight is 196 g/mol. The third-order valence-electron chi connectivity index (χ3n) is 2.62. The van der Waals surface area contributed by atoms with Crippen molar-refractivity contribution in [2.45, 2.75) is 26.2 Å². The highest BCUT2D eigenvalue weighted by molar-refractivity contribution is 7.09. The highest BCUT2D eigenvalue weighted by atomic mass is 32.1. The number of nitrogens with one attached hydrogen (secondary N) is 1. The van der Waals surface area contributed by atoms with Crippen molar-refractivity contribution in [1.29, 1.82) is 0 Å². The summed E-state index contributed by atoms with van der Waals surface area (Å²) in [5.74, 6) is 0.864. The van der Waals surface area contributed by atoms with Crippen LogP contribution in [0, 0.1) is 12.8 Å². The van der Waals surface area contributed by atoms with Gasteiger partial charge in [-0.15, -0.1) is 11.3 Å². The van der Waals surface area contributed by atoms with Crippen molar-refractivity contribution in [2.24, 2.45) is 5.92 Å². The van der Waals surface area contributed by atoms with Gasteiger partial charge in [-0.25, -0.2) is 4.98 Å². The Morgan fingerprint density at radius 3 is 2.92 bits per heavy atom. The minimum Gasteiger partial charge on any atom is -0.317 e. The van der Waals surface area contributed by atoms with Crippen molar-refractivity contribution >= 4 is 11.3 Å². The number of thiazole rings is 1. The Labute approximate surface area is 83.4 Å². The van der Waals surface area contributed by atoms with Crippen molar-refractivity contribution in [3.05, 3.63) is 16.1 Å². The van der Waals surface area contributed by atoms with Crippen LogP contribution >= 0.6 is 11.3 Å². The number of rotatable bonds is 2. The van der Waals surface area contributed by atoms with Crippen molar-refractivity contribution in [1.82, 2.24) is 10.3 Å². The highest BCUT2D eigenvalue weighted by Crippen LogP contribution is 2.19. The second-order valence-corrected chi connectivity index (χ2v) is 4.82. The van der Waals surface area contributed by atoms with Gasteiger partial charge in [-0.05, 0) is 45.2 Å². The van der Waals surface area contributed by atoms with Crippen molar-refractivity contribution in [3.8, 4) is 0 Å². The predicted octanol–water partition coefficient (Wildman–Crippen LogP) is 1.99. The first-order chi connectivity index (χ1) is 6.34. The first kappa shape index (κ1) is 9.16. The monoisotopic (exact) mass is 196 g/mol. The minimum absolute atomic E-state index is 0.864. The lowest BCUT2D eigenvalue weighted by atomic mass is 9.94. The molecule has 2 heterocycles. The lowest BCUT2D eigenvalue weighted by Crippen LogP contribution is -2.28. The molecular formula is C10H16N2S. The molecule has 0 saturated carbocycles. The smallest absolute Gasteiger partial charge is 0.0897 e. The molecule has 13 heavy (non-hydrogen) atoms. The molecule has 1 N–H and O–H groups in total. The molecule has 0 radical (unpaired) electrons. The molecule has 0 spiro atoms. The van der Waals surface area contributed by atoms with Gasteiger partial charge in [-0.1, -0.05) is 0 Å². The summed E-state index contributed by atoms with van der Waals surface area (Å²) in [5.41, 5.74) is 1.30. The fourth-order valence-corrected chi connectivity index (χ4v) is 2.51. The molecule has 1 aliphatic rings. The van der Waals surface area contributed by atoms with Crippen LogP contribution in [0.15, 0.2) is 5.38 Å². The van der Waals surface area contributed by atoms with E-state index in [0.29, 0.717) is 0 Å². The average Bonchev–Trinajstić information content (AvgIpc) is 2.53. The Bertz CT molecular complexity index is 264. The van der Waals surface area contributed by atoms with Gasteiger partial charge in [0.15, 0.2) is 0 Å². The number of hydrogen-bond donors (Lipinski definition) is 1. The van der Waals surface area contributed by atoms with Crippen LogP contribution in [0.3, 0.4) is 0 Å². The molecule has 1 aromatic rings. The van der Waals surface area contributed by atoms with Crippen molar-refractivity contribution < 1.29 is 0 Å². The third-order valence-corrected chi connectivity index (χ3v) is 3.45. The van der Waals surface area contributed by atoms with Gasteiger partial charge in [0.05, 0.1) is 10.7 Å². The summed E-state index contributed by atoms with van der Waals surface area (Å²) in [5, 5.41) is 6.79. The van der Waals surface area contributed by atoms with Crippen molar-refractivity contribution in [2.75, 3.05) is 13.1 Å². The van der Waals surface area contributed by atoms with E-state index in [4.69, 9.17) is 0 Å². The molecule has 2 rings (SSSR count). The molecule has 0 amide bonds. The molecule has 0 aliphatic carbocycles. The van der Waals surface area contributed by atoms with Gasteiger partial charge in [-0.2, -0.15) is 0 Å². The SMILES string of the molecule is Cc1nc(CC2CCNCC2)cs1. The van der Waals surface area contributed by atoms with E-state index in [0.717, 1.165) is 5.92 Å². The quantitative estimate of drug-likeness (QED) is 0.782. The second-order valence-electron chi connectivity index (χ2n) is 3.76. The zero-order chi connectivity index (χ0) is 9.10. The van der Waals surface area contributed by atoms with E-state index in [1.165, 1.54) is 43.1 Å². The topological polar surface area (TPSA) is 24.9 Å². The molecule has 0 aromatic carbocycles. The Morgan fingerprint density at radius 2 is 2.31 bits per heavy atom. The molecule has 2 nitrogen and oxygen atoms in total. The van der Waals surface area contributed by atoms with Gasteiger partial charge in [0.1, 0.15) is 0 Å². The number of hydrogen-bond acceptors (Lipinski definition) is 3. The second kappa shape index (κ2) is 4.20. The number of nitrogens with zero attached hydrogens (tertiary/aromatic N) is 1. The fourth-order valence-electron chi connectivity index (χ4n) is 1.88. The van der Waals surface area contributed by atoms with Crippen molar-refractivity contribution in [3.63, 3.8) is 0 Å². The van der Waals surface area contributed by atoms with Gasteiger partial charge in [0.25, 0.3) is 0 Å². The molecular weight excluding hydrogens is 180 g/mol. The normalized spacial score (nSPS) is 19.2. The van der Waals surface area contributed by atoms with Gasteiger partial charge in [0.2, 0.25) is 0 Å². The van der Waals surface area contributed by atoms with Crippen LogP contribution in [-0.2, 0) is 6.42 Å². The van der Waals surface area contributed by atoms with Gasteiger partial charge < -0.3 is 5.32 Å². The van der Waals surface area contributed by atoms with E-state index in [1.807, 2.05) is 0 Å². The van der Waals surface area contributed by atoms with Crippen LogP contribution in [0.25, 0.3) is 0 Å². The van der Waals surface area contributed by atoms with Gasteiger partial charge in [-0.3, -0.25) is 0 Å². The summed E-state index contributed by atoms with van der Waals surface area (Å²) in [4.78, 5) is 4.50. The van der Waals surface area contributed by atoms with Crippen LogP contribution < -0.4 is 5.32 Å². The first-order valence-electron chi connectivity index (χ1n) is 4.96. The van der Waals surface area contributed by atoms with Gasteiger partial charge >= 0.3 is 0 Å². The number of piperidine rings is 1.